The molecular formula is C15H22N4O4S. The summed E-state index contributed by atoms with van der Waals surface area (Å²) in [6.45, 7) is 3.61. The summed E-state index contributed by atoms with van der Waals surface area (Å²) in [5.41, 5.74) is -0.0778. The minimum atomic E-state index is -4.14. The van der Waals surface area contributed by atoms with E-state index in [9.17, 15) is 18.5 Å². The second-order valence-electron chi connectivity index (χ2n) is 6.39. The van der Waals surface area contributed by atoms with Gasteiger partial charge in [-0.2, -0.15) is 0 Å². The minimum absolute atomic E-state index is 0.339. The van der Waals surface area contributed by atoms with Crippen LogP contribution < -0.4 is 10.0 Å². The zero-order valence-corrected chi connectivity index (χ0v) is 14.2. The van der Waals surface area contributed by atoms with Gasteiger partial charge >= 0.3 is 5.69 Å². The van der Waals surface area contributed by atoms with Crippen molar-refractivity contribution in [1.29, 1.82) is 0 Å². The van der Waals surface area contributed by atoms with Gasteiger partial charge in [0.15, 0.2) is 4.90 Å². The number of hydrogen-bond donors (Lipinski definition) is 1. The molecule has 8 nitrogen and oxygen atoms in total. The first-order valence-corrected chi connectivity index (χ1v) is 9.72. The monoisotopic (exact) mass is 354 g/mol. The summed E-state index contributed by atoms with van der Waals surface area (Å²) in [7, 11) is -4.14. The van der Waals surface area contributed by atoms with Gasteiger partial charge < -0.3 is 9.80 Å². The molecular weight excluding hydrogens is 332 g/mol. The van der Waals surface area contributed by atoms with Gasteiger partial charge in [-0.25, -0.2) is 13.6 Å². The van der Waals surface area contributed by atoms with E-state index in [2.05, 4.69) is 4.90 Å². The smallest absolute Gasteiger partial charge is 0.312 e. The number of nitrogens with two attached hydrogens (primary N) is 1. The maximum atomic E-state index is 11.7. The largest absolute Gasteiger partial charge is 0.366 e. The number of piperidine rings is 1. The summed E-state index contributed by atoms with van der Waals surface area (Å²) in [5, 5.41) is 16.6. The summed E-state index contributed by atoms with van der Waals surface area (Å²) >= 11 is 0. The van der Waals surface area contributed by atoms with Crippen LogP contribution in [-0.2, 0) is 10.0 Å². The fourth-order valence-corrected chi connectivity index (χ4v) is 4.47. The predicted octanol–water partition coefficient (Wildman–Crippen LogP) is 1.31. The van der Waals surface area contributed by atoms with Crippen molar-refractivity contribution in [3.05, 3.63) is 28.3 Å². The molecule has 0 atom stereocenters. The average Bonchev–Trinajstić information content (AvgIpc) is 3.08. The Morgan fingerprint density at radius 2 is 1.75 bits per heavy atom. The van der Waals surface area contributed by atoms with E-state index in [4.69, 9.17) is 5.14 Å². The van der Waals surface area contributed by atoms with Gasteiger partial charge in [0.1, 0.15) is 5.69 Å². The number of nitro groups is 1. The van der Waals surface area contributed by atoms with Gasteiger partial charge in [-0.1, -0.05) is 6.07 Å². The minimum Gasteiger partial charge on any atom is -0.366 e. The first-order chi connectivity index (χ1) is 11.4. The number of benzene rings is 1. The first kappa shape index (κ1) is 17.1. The highest BCUT2D eigenvalue weighted by Gasteiger charge is 2.32. The van der Waals surface area contributed by atoms with Crippen molar-refractivity contribution in [2.75, 3.05) is 31.1 Å². The van der Waals surface area contributed by atoms with Crippen LogP contribution in [0.25, 0.3) is 0 Å². The van der Waals surface area contributed by atoms with Gasteiger partial charge in [0.05, 0.1) is 4.92 Å². The van der Waals surface area contributed by atoms with Crippen molar-refractivity contribution in [2.24, 2.45) is 5.14 Å². The predicted molar refractivity (Wildman–Crippen MR) is 90.5 cm³/mol. The van der Waals surface area contributed by atoms with Crippen molar-refractivity contribution >= 4 is 21.4 Å². The second-order valence-corrected chi connectivity index (χ2v) is 7.92. The van der Waals surface area contributed by atoms with Crippen LogP contribution in [0, 0.1) is 10.1 Å². The summed E-state index contributed by atoms with van der Waals surface area (Å²) in [6, 6.07) is 4.82. The number of rotatable bonds is 4. The first-order valence-electron chi connectivity index (χ1n) is 8.17. The quantitative estimate of drug-likeness (QED) is 0.645. The number of nitro benzene ring substituents is 1. The molecule has 0 radical (unpaired) electrons. The number of anilines is 1. The molecule has 0 aliphatic carbocycles. The molecule has 1 aromatic rings. The lowest BCUT2D eigenvalue weighted by atomic mass is 10.0. The molecule has 2 heterocycles. The SMILES string of the molecule is NS(=O)(=O)c1cccc(N2CCC(N3CCCC3)CC2)c1[N+](=O)[O-]. The Kier molecular flexibility index (Phi) is 4.75. The molecule has 9 heteroatoms. The third kappa shape index (κ3) is 3.38. The van der Waals surface area contributed by atoms with Gasteiger partial charge in [-0.3, -0.25) is 10.1 Å². The average molecular weight is 354 g/mol. The number of sulfonamides is 1. The molecule has 1 aromatic carbocycles. The van der Waals surface area contributed by atoms with E-state index in [1.807, 2.05) is 4.90 Å². The van der Waals surface area contributed by atoms with Crippen molar-refractivity contribution in [2.45, 2.75) is 36.6 Å². The van der Waals surface area contributed by atoms with Crippen molar-refractivity contribution in [1.82, 2.24) is 4.90 Å². The van der Waals surface area contributed by atoms with Gasteiger partial charge in [0.25, 0.3) is 0 Å². The third-order valence-corrected chi connectivity index (χ3v) is 5.87. The maximum Gasteiger partial charge on any atom is 0.312 e. The highest BCUT2D eigenvalue weighted by molar-refractivity contribution is 7.89. The van der Waals surface area contributed by atoms with E-state index < -0.39 is 25.5 Å². The third-order valence-electron chi connectivity index (χ3n) is 4.93. The van der Waals surface area contributed by atoms with Crippen LogP contribution in [0.3, 0.4) is 0 Å². The molecule has 2 saturated heterocycles. The molecule has 2 aliphatic rings. The summed E-state index contributed by atoms with van der Waals surface area (Å²) in [4.78, 5) is 14.8. The van der Waals surface area contributed by atoms with Crippen LogP contribution in [-0.4, -0.2) is 50.5 Å². The molecule has 2 fully saturated rings. The molecule has 0 saturated carbocycles. The van der Waals surface area contributed by atoms with E-state index >= 15 is 0 Å². The van der Waals surface area contributed by atoms with Crippen LogP contribution >= 0.6 is 0 Å². The Morgan fingerprint density at radius 3 is 2.29 bits per heavy atom. The van der Waals surface area contributed by atoms with Crippen molar-refractivity contribution < 1.29 is 13.3 Å². The Bertz CT molecular complexity index is 723. The van der Waals surface area contributed by atoms with E-state index in [0.29, 0.717) is 24.8 Å². The fraction of sp³-hybridized carbons (Fsp3) is 0.600. The van der Waals surface area contributed by atoms with Crippen LogP contribution in [0.4, 0.5) is 11.4 Å². The maximum absolute atomic E-state index is 11.7. The fourth-order valence-electron chi connectivity index (χ4n) is 3.76. The Hall–Kier alpha value is -1.71. The number of para-hydroxylation sites is 1. The number of likely N-dealkylation sites (tertiary alicyclic amines) is 1. The zero-order chi connectivity index (χ0) is 17.3. The molecule has 24 heavy (non-hydrogen) atoms. The molecule has 0 unspecified atom stereocenters. The van der Waals surface area contributed by atoms with Gasteiger partial charge in [0.2, 0.25) is 10.0 Å². The number of primary sulfonamides is 1. The molecule has 0 aromatic heterocycles. The van der Waals surface area contributed by atoms with E-state index in [1.165, 1.54) is 25.0 Å². The van der Waals surface area contributed by atoms with E-state index in [1.54, 1.807) is 6.07 Å². The lowest BCUT2D eigenvalue weighted by Gasteiger charge is -2.37. The van der Waals surface area contributed by atoms with Crippen LogP contribution in [0.2, 0.25) is 0 Å². The zero-order valence-electron chi connectivity index (χ0n) is 13.4. The Morgan fingerprint density at radius 1 is 1.12 bits per heavy atom. The molecule has 3 rings (SSSR count). The molecule has 2 N–H and O–H groups in total. The molecule has 0 amide bonds. The lowest BCUT2D eigenvalue weighted by Crippen LogP contribution is -2.44. The highest BCUT2D eigenvalue weighted by Crippen LogP contribution is 2.36. The Labute approximate surface area is 141 Å². The Balaban J connectivity index is 1.84. The van der Waals surface area contributed by atoms with Crippen molar-refractivity contribution in [3.8, 4) is 0 Å². The standard InChI is InChI=1S/C15H22N4O4S/c16-24(22,23)14-5-3-4-13(15(14)19(20)21)18-10-6-12(7-11-18)17-8-1-2-9-17/h3-5,12H,1-2,6-11H2,(H2,16,22,23). The van der Waals surface area contributed by atoms with E-state index in [0.717, 1.165) is 25.9 Å². The van der Waals surface area contributed by atoms with Gasteiger partial charge in [-0.05, 0) is 50.9 Å². The molecule has 0 bridgehead atoms. The van der Waals surface area contributed by atoms with Crippen molar-refractivity contribution in [3.63, 3.8) is 0 Å². The lowest BCUT2D eigenvalue weighted by molar-refractivity contribution is -0.387. The second kappa shape index (κ2) is 6.66. The van der Waals surface area contributed by atoms with Crippen LogP contribution in [0.15, 0.2) is 23.1 Å². The number of hydrogen-bond acceptors (Lipinski definition) is 6. The molecule has 2 aliphatic heterocycles. The summed E-state index contributed by atoms with van der Waals surface area (Å²) in [5.74, 6) is 0. The highest BCUT2D eigenvalue weighted by atomic mass is 32.2. The van der Waals surface area contributed by atoms with Crippen LogP contribution in [0.5, 0.6) is 0 Å². The summed E-state index contributed by atoms with van der Waals surface area (Å²) in [6.07, 6.45) is 4.33. The number of nitrogens with zero attached hydrogens (tertiary/aromatic N) is 3. The van der Waals surface area contributed by atoms with E-state index in [-0.39, 0.29) is 0 Å². The van der Waals surface area contributed by atoms with Gasteiger partial charge in [0, 0.05) is 19.1 Å². The molecule has 0 spiro atoms. The van der Waals surface area contributed by atoms with Gasteiger partial charge in [-0.15, -0.1) is 0 Å². The topological polar surface area (TPSA) is 110 Å². The van der Waals surface area contributed by atoms with Crippen LogP contribution in [0.1, 0.15) is 25.7 Å². The summed E-state index contributed by atoms with van der Waals surface area (Å²) < 4.78 is 23.3. The molecule has 132 valence electrons. The normalized spacial score (nSPS) is 20.5.